The van der Waals surface area contributed by atoms with Gasteiger partial charge >= 0.3 is 0 Å². The van der Waals surface area contributed by atoms with Crippen LogP contribution in [0, 0.1) is 35.5 Å². The van der Waals surface area contributed by atoms with Gasteiger partial charge in [0.2, 0.25) is 5.91 Å². The van der Waals surface area contributed by atoms with Crippen molar-refractivity contribution in [2.24, 2.45) is 23.7 Å². The Morgan fingerprint density at radius 3 is 2.88 bits per heavy atom. The molecule has 3 N–H and O–H groups in total. The molecule has 0 aliphatic heterocycles. The number of aliphatic hydroxyl groups is 2. The Bertz CT molecular complexity index is 883. The fourth-order valence-electron chi connectivity index (χ4n) is 5.11. The number of aliphatic hydroxyl groups excluding tert-OH is 2. The molecule has 2 aliphatic rings. The van der Waals surface area contributed by atoms with E-state index in [4.69, 9.17) is 0 Å². The molecule has 0 spiro atoms. The van der Waals surface area contributed by atoms with Gasteiger partial charge in [-0.3, -0.25) is 9.78 Å². The lowest BCUT2D eigenvalue weighted by Crippen LogP contribution is -2.22. The first-order valence-corrected chi connectivity index (χ1v) is 12.3. The van der Waals surface area contributed by atoms with Crippen molar-refractivity contribution in [1.29, 1.82) is 0 Å². The van der Waals surface area contributed by atoms with E-state index in [9.17, 15) is 15.0 Å². The Hall–Kier alpha value is -2.42. The monoisotopic (exact) mass is 450 g/mol. The van der Waals surface area contributed by atoms with Gasteiger partial charge in [-0.2, -0.15) is 0 Å². The molecule has 0 aromatic carbocycles. The van der Waals surface area contributed by atoms with E-state index in [1.165, 1.54) is 5.57 Å². The summed E-state index contributed by atoms with van der Waals surface area (Å²) < 4.78 is 0. The first-order valence-electron chi connectivity index (χ1n) is 12.3. The number of nitrogens with zero attached hydrogens (tertiary/aromatic N) is 1. The minimum Gasteiger partial charge on any atom is -0.392 e. The van der Waals surface area contributed by atoms with Crippen LogP contribution in [0.2, 0.25) is 0 Å². The van der Waals surface area contributed by atoms with Gasteiger partial charge in [0.15, 0.2) is 0 Å². The highest BCUT2D eigenvalue weighted by atomic mass is 16.3. The highest BCUT2D eigenvalue weighted by Crippen LogP contribution is 2.50. The third-order valence-electron chi connectivity index (χ3n) is 7.11. The predicted molar refractivity (Wildman–Crippen MR) is 131 cm³/mol. The molecule has 33 heavy (non-hydrogen) atoms. The average Bonchev–Trinajstić information content (AvgIpc) is 3.34. The van der Waals surface area contributed by atoms with E-state index in [1.807, 2.05) is 38.1 Å². The summed E-state index contributed by atoms with van der Waals surface area (Å²) in [5.41, 5.74) is 2.51. The van der Waals surface area contributed by atoms with Gasteiger partial charge < -0.3 is 15.5 Å². The lowest BCUT2D eigenvalue weighted by atomic mass is 9.89. The summed E-state index contributed by atoms with van der Waals surface area (Å²) in [7, 11) is 0. The topological polar surface area (TPSA) is 82.5 Å². The Labute approximate surface area is 198 Å². The molecule has 0 unspecified atom stereocenters. The Balaban J connectivity index is 1.41. The smallest absolute Gasteiger partial charge is 0.220 e. The van der Waals surface area contributed by atoms with E-state index < -0.39 is 6.10 Å². The van der Waals surface area contributed by atoms with E-state index >= 15 is 0 Å². The second-order valence-corrected chi connectivity index (χ2v) is 9.58. The maximum absolute atomic E-state index is 12.1. The van der Waals surface area contributed by atoms with Crippen molar-refractivity contribution in [3.05, 3.63) is 53.9 Å². The molecule has 0 saturated heterocycles. The summed E-state index contributed by atoms with van der Waals surface area (Å²) >= 11 is 0. The molecule has 1 amide bonds. The first-order chi connectivity index (χ1) is 16.0. The van der Waals surface area contributed by atoms with Crippen LogP contribution in [0.4, 0.5) is 0 Å². The van der Waals surface area contributed by atoms with Gasteiger partial charge in [0.1, 0.15) is 0 Å². The Kier molecular flexibility index (Phi) is 9.72. The van der Waals surface area contributed by atoms with Gasteiger partial charge in [-0.05, 0) is 74.5 Å². The highest BCUT2D eigenvalue weighted by Gasteiger charge is 2.44. The fourth-order valence-corrected chi connectivity index (χ4v) is 5.11. The number of nitrogens with one attached hydrogen (secondary N) is 1. The first kappa shape index (κ1) is 25.2. The summed E-state index contributed by atoms with van der Waals surface area (Å²) in [6.45, 7) is 4.36. The van der Waals surface area contributed by atoms with Crippen molar-refractivity contribution in [2.45, 2.75) is 77.5 Å². The second-order valence-electron chi connectivity index (χ2n) is 9.58. The summed E-state index contributed by atoms with van der Waals surface area (Å²) in [6, 6.07) is 3.81. The highest BCUT2D eigenvalue weighted by molar-refractivity contribution is 5.75. The Morgan fingerprint density at radius 2 is 2.12 bits per heavy atom. The molecule has 1 heterocycles. The third-order valence-corrected chi connectivity index (χ3v) is 7.11. The average molecular weight is 451 g/mol. The lowest BCUT2D eigenvalue weighted by molar-refractivity contribution is -0.121. The minimum atomic E-state index is -0.529. The molecular formula is C28H38N2O3. The van der Waals surface area contributed by atoms with Crippen LogP contribution in [0.5, 0.6) is 0 Å². The van der Waals surface area contributed by atoms with Gasteiger partial charge in [0, 0.05) is 37.7 Å². The second kappa shape index (κ2) is 12.7. The summed E-state index contributed by atoms with van der Waals surface area (Å²) in [4.78, 5) is 16.1. The third kappa shape index (κ3) is 7.55. The van der Waals surface area contributed by atoms with Crippen LogP contribution in [-0.2, 0) is 11.3 Å². The van der Waals surface area contributed by atoms with Crippen LogP contribution >= 0.6 is 0 Å². The zero-order valence-electron chi connectivity index (χ0n) is 19.9. The number of rotatable bonds is 10. The summed E-state index contributed by atoms with van der Waals surface area (Å²) in [6.07, 6.45) is 14.7. The molecule has 5 nitrogen and oxygen atoms in total. The largest absolute Gasteiger partial charge is 0.392 e. The van der Waals surface area contributed by atoms with Crippen LogP contribution in [0.3, 0.4) is 0 Å². The number of pyridine rings is 1. The van der Waals surface area contributed by atoms with Crippen LogP contribution in [-0.4, -0.2) is 33.3 Å². The summed E-state index contributed by atoms with van der Waals surface area (Å²) in [5, 5.41) is 23.9. The van der Waals surface area contributed by atoms with Crippen molar-refractivity contribution >= 4 is 5.91 Å². The molecular weight excluding hydrogens is 412 g/mol. The normalized spacial score (nSPS) is 27.2. The molecule has 6 atom stereocenters. The van der Waals surface area contributed by atoms with Gasteiger partial charge in [-0.15, -0.1) is 11.8 Å². The molecule has 2 saturated carbocycles. The molecule has 0 radical (unpaired) electrons. The van der Waals surface area contributed by atoms with E-state index in [-0.39, 0.29) is 23.8 Å². The zero-order chi connectivity index (χ0) is 23.6. The molecule has 5 heteroatoms. The predicted octanol–water partition coefficient (Wildman–Crippen LogP) is 4.17. The molecule has 1 aromatic rings. The maximum Gasteiger partial charge on any atom is 0.220 e. The molecule has 2 aliphatic carbocycles. The molecule has 3 rings (SSSR count). The van der Waals surface area contributed by atoms with E-state index in [0.29, 0.717) is 31.2 Å². The number of hydrogen-bond acceptors (Lipinski definition) is 4. The minimum absolute atomic E-state index is 0.0829. The van der Waals surface area contributed by atoms with Crippen LogP contribution in [0.15, 0.2) is 48.3 Å². The SMILES string of the molecule is CC#CC[C@H](C)[C@H](O)/C=C/[C@@H]1[C@H]2C/C(=C/CCCC(=O)NCc3ccncc3)C[C@H]2C[C@H]1O. The molecule has 1 aromatic heterocycles. The number of carbonyl (C=O) groups is 1. The van der Waals surface area contributed by atoms with E-state index in [0.717, 1.165) is 37.7 Å². The number of fused-ring (bicyclic) bond motifs is 1. The van der Waals surface area contributed by atoms with Crippen molar-refractivity contribution in [3.63, 3.8) is 0 Å². The van der Waals surface area contributed by atoms with Crippen LogP contribution < -0.4 is 5.32 Å². The Morgan fingerprint density at radius 1 is 1.33 bits per heavy atom. The van der Waals surface area contributed by atoms with E-state index in [2.05, 4.69) is 28.2 Å². The van der Waals surface area contributed by atoms with Crippen molar-refractivity contribution in [1.82, 2.24) is 10.3 Å². The zero-order valence-corrected chi connectivity index (χ0v) is 19.9. The quantitative estimate of drug-likeness (QED) is 0.284. The molecule has 0 bridgehead atoms. The molecule has 2 fully saturated rings. The van der Waals surface area contributed by atoms with Crippen LogP contribution in [0.1, 0.15) is 64.4 Å². The number of allylic oxidation sites excluding steroid dienone is 2. The van der Waals surface area contributed by atoms with Gasteiger partial charge in [-0.25, -0.2) is 0 Å². The lowest BCUT2D eigenvalue weighted by Gasteiger charge is -2.19. The molecule has 178 valence electrons. The number of hydrogen-bond donors (Lipinski definition) is 3. The number of aromatic nitrogens is 1. The number of unbranched alkanes of at least 4 members (excludes halogenated alkanes) is 1. The van der Waals surface area contributed by atoms with Gasteiger partial charge in [0.25, 0.3) is 0 Å². The van der Waals surface area contributed by atoms with Crippen molar-refractivity contribution in [3.8, 4) is 11.8 Å². The standard InChI is InChI=1S/C28H38N2O3/c1-3-4-7-20(2)26(31)11-10-24-25-17-22(16-23(25)18-27(24)32)8-5-6-9-28(33)30-19-21-12-14-29-15-13-21/h8,10-15,20,23-27,31-32H,5-7,9,16-19H2,1-2H3,(H,30,33)/b11-10+,22-8+/t20-,23-,24+,25-,26+,27+/m0/s1. The van der Waals surface area contributed by atoms with Crippen LogP contribution in [0.25, 0.3) is 0 Å². The number of carbonyl (C=O) groups excluding carboxylic acids is 1. The fraction of sp³-hybridized carbons (Fsp3) is 0.571. The summed E-state index contributed by atoms with van der Waals surface area (Å²) in [5.74, 6) is 7.15. The van der Waals surface area contributed by atoms with Gasteiger partial charge in [0.05, 0.1) is 12.2 Å². The number of amides is 1. The van der Waals surface area contributed by atoms with Crippen molar-refractivity contribution < 1.29 is 15.0 Å². The van der Waals surface area contributed by atoms with Crippen molar-refractivity contribution in [2.75, 3.05) is 0 Å². The van der Waals surface area contributed by atoms with Gasteiger partial charge in [-0.1, -0.05) is 30.7 Å². The maximum atomic E-state index is 12.1. The van der Waals surface area contributed by atoms with E-state index in [1.54, 1.807) is 12.4 Å².